The smallest absolute Gasteiger partial charge is 0.327 e. The molecule has 7 heteroatoms. The number of hydrogen-bond donors (Lipinski definition) is 2. The van der Waals surface area contributed by atoms with Crippen LogP contribution in [0.3, 0.4) is 0 Å². The van der Waals surface area contributed by atoms with Gasteiger partial charge in [0.2, 0.25) is 0 Å². The summed E-state index contributed by atoms with van der Waals surface area (Å²) in [5, 5.41) is 12.2. The van der Waals surface area contributed by atoms with Gasteiger partial charge in [-0.05, 0) is 43.7 Å². The zero-order valence-corrected chi connectivity index (χ0v) is 18.9. The first-order valence-electron chi connectivity index (χ1n) is 10.0. The molecule has 158 valence electrons. The highest BCUT2D eigenvalue weighted by Gasteiger charge is 2.70. The molecule has 2 fully saturated rings. The van der Waals surface area contributed by atoms with E-state index in [-0.39, 0.29) is 23.7 Å². The van der Waals surface area contributed by atoms with Crippen molar-refractivity contribution in [2.75, 3.05) is 0 Å². The van der Waals surface area contributed by atoms with Crippen LogP contribution in [0.25, 0.3) is 0 Å². The molecule has 0 spiro atoms. The second-order valence-corrected chi connectivity index (χ2v) is 11.0. The van der Waals surface area contributed by atoms with Crippen molar-refractivity contribution in [1.29, 1.82) is 0 Å². The fraction of sp³-hybridized carbons (Fsp3) is 0.591. The summed E-state index contributed by atoms with van der Waals surface area (Å²) in [5.74, 6) is -1.31. The molecule has 6 nitrogen and oxygen atoms in total. The molecule has 2 aliphatic heterocycles. The van der Waals surface area contributed by atoms with Crippen LogP contribution in [0.15, 0.2) is 18.2 Å². The predicted molar refractivity (Wildman–Crippen MR) is 114 cm³/mol. The Balaban J connectivity index is 1.95. The third-order valence-electron chi connectivity index (χ3n) is 5.98. The van der Waals surface area contributed by atoms with E-state index in [0.717, 1.165) is 11.1 Å². The molecule has 1 aromatic rings. The Kier molecular flexibility index (Phi) is 5.27. The molecule has 2 aliphatic rings. The zero-order valence-electron chi connectivity index (χ0n) is 18.1. The van der Waals surface area contributed by atoms with Gasteiger partial charge in [0, 0.05) is 10.3 Å². The van der Waals surface area contributed by atoms with Crippen LogP contribution < -0.4 is 5.32 Å². The van der Waals surface area contributed by atoms with Crippen LogP contribution >= 0.6 is 11.8 Å². The SMILES string of the molecule is CC(C)c1cccc(C(C)C)c1C(=O)N[C@@]1(C)C(=O)N2[C@@H](C(=O)O)C(C)(C)S[C@@H]21. The second kappa shape index (κ2) is 7.04. The van der Waals surface area contributed by atoms with Crippen molar-refractivity contribution in [3.05, 3.63) is 34.9 Å². The van der Waals surface area contributed by atoms with E-state index in [1.165, 1.54) is 16.7 Å². The Hall–Kier alpha value is -2.02. The summed E-state index contributed by atoms with van der Waals surface area (Å²) in [5.41, 5.74) is 1.40. The summed E-state index contributed by atoms with van der Waals surface area (Å²) in [7, 11) is 0. The number of nitrogens with one attached hydrogen (secondary N) is 1. The quantitative estimate of drug-likeness (QED) is 0.714. The second-order valence-electron chi connectivity index (χ2n) is 9.30. The Morgan fingerprint density at radius 3 is 2.07 bits per heavy atom. The molecule has 0 bridgehead atoms. The molecular formula is C22H30N2O4S. The molecule has 0 unspecified atom stereocenters. The van der Waals surface area contributed by atoms with Crippen LogP contribution in [-0.4, -0.2) is 49.5 Å². The number of carboxylic acids is 1. The van der Waals surface area contributed by atoms with Crippen LogP contribution in [-0.2, 0) is 9.59 Å². The van der Waals surface area contributed by atoms with Gasteiger partial charge in [-0.15, -0.1) is 11.8 Å². The third-order valence-corrected chi connectivity index (χ3v) is 7.74. The van der Waals surface area contributed by atoms with Crippen molar-refractivity contribution < 1.29 is 19.5 Å². The molecule has 1 aromatic carbocycles. The Bertz CT molecular complexity index is 853. The number of hydrogen-bond acceptors (Lipinski definition) is 4. The molecular weight excluding hydrogens is 388 g/mol. The first kappa shape index (κ1) is 21.7. The van der Waals surface area contributed by atoms with Crippen molar-refractivity contribution in [3.8, 4) is 0 Å². The van der Waals surface area contributed by atoms with Crippen molar-refractivity contribution in [2.45, 2.75) is 82.0 Å². The minimum Gasteiger partial charge on any atom is -0.480 e. The van der Waals surface area contributed by atoms with Crippen LogP contribution in [0.2, 0.25) is 0 Å². The summed E-state index contributed by atoms with van der Waals surface area (Å²) in [6.07, 6.45) is 0. The maximum atomic E-state index is 13.4. The monoisotopic (exact) mass is 418 g/mol. The van der Waals surface area contributed by atoms with Gasteiger partial charge in [-0.1, -0.05) is 45.9 Å². The van der Waals surface area contributed by atoms with E-state index in [1.807, 2.05) is 59.7 Å². The topological polar surface area (TPSA) is 86.7 Å². The highest BCUT2D eigenvalue weighted by Crippen LogP contribution is 2.54. The zero-order chi connectivity index (χ0) is 21.9. The van der Waals surface area contributed by atoms with Gasteiger partial charge >= 0.3 is 5.97 Å². The van der Waals surface area contributed by atoms with E-state index in [9.17, 15) is 19.5 Å². The van der Waals surface area contributed by atoms with E-state index in [0.29, 0.717) is 5.56 Å². The van der Waals surface area contributed by atoms with Crippen molar-refractivity contribution >= 4 is 29.5 Å². The van der Waals surface area contributed by atoms with E-state index in [1.54, 1.807) is 6.92 Å². The van der Waals surface area contributed by atoms with Crippen molar-refractivity contribution in [3.63, 3.8) is 0 Å². The number of thioether (sulfide) groups is 1. The number of carbonyl (C=O) groups is 3. The number of nitrogens with zero attached hydrogens (tertiary/aromatic N) is 1. The Morgan fingerprint density at radius 1 is 1.10 bits per heavy atom. The van der Waals surface area contributed by atoms with Crippen LogP contribution in [0.1, 0.15) is 81.8 Å². The summed E-state index contributed by atoms with van der Waals surface area (Å²) < 4.78 is -0.631. The predicted octanol–water partition coefficient (Wildman–Crippen LogP) is 3.57. The molecule has 2 heterocycles. The van der Waals surface area contributed by atoms with Gasteiger partial charge in [0.25, 0.3) is 11.8 Å². The summed E-state index contributed by atoms with van der Waals surface area (Å²) >= 11 is 1.43. The average molecular weight is 419 g/mol. The molecule has 2 N–H and O–H groups in total. The minimum absolute atomic E-state index is 0.159. The molecule has 29 heavy (non-hydrogen) atoms. The number of fused-ring (bicyclic) bond motifs is 1. The molecule has 0 aromatic heterocycles. The number of amides is 2. The first-order valence-corrected chi connectivity index (χ1v) is 10.9. The first-order chi connectivity index (χ1) is 13.3. The van der Waals surface area contributed by atoms with E-state index >= 15 is 0 Å². The average Bonchev–Trinajstić information content (AvgIpc) is 2.90. The van der Waals surface area contributed by atoms with Gasteiger partial charge in [-0.2, -0.15) is 0 Å². The number of β-lactam (4-membered cyclic amide) rings is 1. The maximum absolute atomic E-state index is 13.4. The molecule has 3 atom stereocenters. The molecule has 2 saturated heterocycles. The summed E-state index contributed by atoms with van der Waals surface area (Å²) in [6, 6.07) is 4.98. The lowest BCUT2D eigenvalue weighted by Gasteiger charge is -2.51. The van der Waals surface area contributed by atoms with Gasteiger partial charge in [0.15, 0.2) is 0 Å². The van der Waals surface area contributed by atoms with Gasteiger partial charge in [0.05, 0.1) is 0 Å². The molecule has 0 aliphatic carbocycles. The highest BCUT2D eigenvalue weighted by atomic mass is 32.2. The number of rotatable bonds is 5. The number of carboxylic acid groups (broad SMARTS) is 1. The fourth-order valence-electron chi connectivity index (χ4n) is 4.45. The molecule has 0 radical (unpaired) electrons. The van der Waals surface area contributed by atoms with E-state index in [4.69, 9.17) is 0 Å². The van der Waals surface area contributed by atoms with Gasteiger partial charge in [0.1, 0.15) is 17.0 Å². The number of carbonyl (C=O) groups excluding carboxylic acids is 2. The lowest BCUT2D eigenvalue weighted by molar-refractivity contribution is -0.165. The van der Waals surface area contributed by atoms with Crippen molar-refractivity contribution in [2.24, 2.45) is 0 Å². The third kappa shape index (κ3) is 3.23. The molecule has 3 rings (SSSR count). The Morgan fingerprint density at radius 2 is 1.62 bits per heavy atom. The van der Waals surface area contributed by atoms with Crippen molar-refractivity contribution in [1.82, 2.24) is 10.2 Å². The maximum Gasteiger partial charge on any atom is 0.327 e. The van der Waals surface area contributed by atoms with Crippen LogP contribution in [0.4, 0.5) is 0 Å². The molecule has 0 saturated carbocycles. The number of benzene rings is 1. The minimum atomic E-state index is -1.12. The van der Waals surface area contributed by atoms with E-state index in [2.05, 4.69) is 5.32 Å². The summed E-state index contributed by atoms with van der Waals surface area (Å²) in [6.45, 7) is 13.5. The molecule has 2 amide bonds. The van der Waals surface area contributed by atoms with Crippen LogP contribution in [0, 0.1) is 0 Å². The van der Waals surface area contributed by atoms with Gasteiger partial charge in [-0.25, -0.2) is 4.79 Å². The van der Waals surface area contributed by atoms with Crippen LogP contribution in [0.5, 0.6) is 0 Å². The normalized spacial score (nSPS) is 27.8. The highest BCUT2D eigenvalue weighted by molar-refractivity contribution is 8.01. The van der Waals surface area contributed by atoms with Gasteiger partial charge < -0.3 is 15.3 Å². The number of aliphatic carboxylic acids is 1. The fourth-order valence-corrected chi connectivity index (χ4v) is 6.10. The lowest BCUT2D eigenvalue weighted by Crippen LogP contribution is -2.78. The standard InChI is InChI=1S/C22H30N2O4S/c1-11(2)13-9-8-10-14(12(3)4)15(13)17(25)23-22(7)19(28)24-16(18(26)27)21(5,6)29-20(22)24/h8-12,16,20H,1-7H3,(H,23,25)(H,26,27)/t16-,20+,22-/m0/s1. The Labute approximate surface area is 176 Å². The summed E-state index contributed by atoms with van der Waals surface area (Å²) in [4.78, 5) is 39.6. The van der Waals surface area contributed by atoms with Gasteiger partial charge in [-0.3, -0.25) is 9.59 Å². The lowest BCUT2D eigenvalue weighted by atomic mass is 9.84. The largest absolute Gasteiger partial charge is 0.480 e. The van der Waals surface area contributed by atoms with E-state index < -0.39 is 27.7 Å².